The number of aromatic nitrogens is 2. The third kappa shape index (κ3) is 2.97. The first-order valence-electron chi connectivity index (χ1n) is 7.80. The van der Waals surface area contributed by atoms with Gasteiger partial charge in [0, 0.05) is 14.0 Å². The molecular formula is C19H21N3O. The lowest BCUT2D eigenvalue weighted by Gasteiger charge is -2.21. The molecular weight excluding hydrogens is 286 g/mol. The van der Waals surface area contributed by atoms with E-state index in [-0.39, 0.29) is 11.9 Å². The van der Waals surface area contributed by atoms with Crippen molar-refractivity contribution in [3.63, 3.8) is 0 Å². The van der Waals surface area contributed by atoms with E-state index < -0.39 is 0 Å². The van der Waals surface area contributed by atoms with Crippen LogP contribution in [0.5, 0.6) is 0 Å². The summed E-state index contributed by atoms with van der Waals surface area (Å²) in [5, 5.41) is 0. The van der Waals surface area contributed by atoms with Crippen molar-refractivity contribution in [2.45, 2.75) is 26.4 Å². The van der Waals surface area contributed by atoms with E-state index in [1.165, 1.54) is 5.56 Å². The number of fused-ring (bicyclic) bond motifs is 1. The van der Waals surface area contributed by atoms with Gasteiger partial charge >= 0.3 is 0 Å². The average molecular weight is 307 g/mol. The standard InChI is InChI=1S/C19H21N3O/c1-14(16-9-5-4-6-10-16)22-18-12-8-7-11-17(18)20-19(22)13-21(3)15(2)23/h4-12,14H,13H2,1-3H3/t14-/m0/s1. The molecule has 23 heavy (non-hydrogen) atoms. The summed E-state index contributed by atoms with van der Waals surface area (Å²) in [4.78, 5) is 18.0. The maximum Gasteiger partial charge on any atom is 0.219 e. The summed E-state index contributed by atoms with van der Waals surface area (Å²) in [6, 6.07) is 18.6. The SMILES string of the molecule is CC(=O)N(C)Cc1nc2ccccc2n1[C@@H](C)c1ccccc1. The quantitative estimate of drug-likeness (QED) is 0.738. The van der Waals surface area contributed by atoms with Crippen molar-refractivity contribution in [3.8, 4) is 0 Å². The highest BCUT2D eigenvalue weighted by Gasteiger charge is 2.18. The molecule has 4 nitrogen and oxygen atoms in total. The zero-order chi connectivity index (χ0) is 16.4. The van der Waals surface area contributed by atoms with Gasteiger partial charge in [-0.25, -0.2) is 4.98 Å². The first-order chi connectivity index (χ1) is 11.1. The highest BCUT2D eigenvalue weighted by molar-refractivity contribution is 5.77. The molecule has 3 rings (SSSR count). The van der Waals surface area contributed by atoms with E-state index in [2.05, 4.69) is 29.7 Å². The fourth-order valence-electron chi connectivity index (χ4n) is 2.84. The van der Waals surface area contributed by atoms with Crippen LogP contribution in [0, 0.1) is 0 Å². The van der Waals surface area contributed by atoms with Crippen LogP contribution in [-0.2, 0) is 11.3 Å². The van der Waals surface area contributed by atoms with E-state index in [1.807, 2.05) is 36.4 Å². The normalized spacial score (nSPS) is 12.3. The predicted octanol–water partition coefficient (Wildman–Crippen LogP) is 3.62. The fraction of sp³-hybridized carbons (Fsp3) is 0.263. The molecule has 0 fully saturated rings. The third-order valence-corrected chi connectivity index (χ3v) is 4.25. The number of hydrogen-bond acceptors (Lipinski definition) is 2. The number of carbonyl (C=O) groups excluding carboxylic acids is 1. The lowest BCUT2D eigenvalue weighted by atomic mass is 10.1. The second-order valence-corrected chi connectivity index (χ2v) is 5.85. The second-order valence-electron chi connectivity index (χ2n) is 5.85. The van der Waals surface area contributed by atoms with Crippen LogP contribution in [0.25, 0.3) is 11.0 Å². The molecule has 1 atom stereocenters. The van der Waals surface area contributed by atoms with Crippen molar-refractivity contribution in [2.75, 3.05) is 7.05 Å². The van der Waals surface area contributed by atoms with Gasteiger partial charge in [-0.1, -0.05) is 42.5 Å². The van der Waals surface area contributed by atoms with Gasteiger partial charge in [-0.2, -0.15) is 0 Å². The van der Waals surface area contributed by atoms with E-state index in [0.717, 1.165) is 16.9 Å². The van der Waals surface area contributed by atoms with Crippen LogP contribution in [0.15, 0.2) is 54.6 Å². The predicted molar refractivity (Wildman–Crippen MR) is 92.1 cm³/mol. The number of hydrogen-bond donors (Lipinski definition) is 0. The fourth-order valence-corrected chi connectivity index (χ4v) is 2.84. The molecule has 0 spiro atoms. The van der Waals surface area contributed by atoms with Crippen LogP contribution in [0.2, 0.25) is 0 Å². The minimum atomic E-state index is 0.0379. The van der Waals surface area contributed by atoms with E-state index in [0.29, 0.717) is 6.54 Å². The maximum atomic E-state index is 11.6. The van der Waals surface area contributed by atoms with Crippen molar-refractivity contribution >= 4 is 16.9 Å². The Hall–Kier alpha value is -2.62. The molecule has 0 aliphatic heterocycles. The molecule has 2 aromatic carbocycles. The third-order valence-electron chi connectivity index (χ3n) is 4.25. The number of para-hydroxylation sites is 2. The molecule has 0 radical (unpaired) electrons. The van der Waals surface area contributed by atoms with E-state index in [4.69, 9.17) is 4.98 Å². The van der Waals surface area contributed by atoms with Crippen LogP contribution in [0.4, 0.5) is 0 Å². The van der Waals surface area contributed by atoms with Crippen molar-refractivity contribution in [2.24, 2.45) is 0 Å². The molecule has 1 aromatic heterocycles. The Kier molecular flexibility index (Phi) is 4.15. The minimum absolute atomic E-state index is 0.0379. The summed E-state index contributed by atoms with van der Waals surface area (Å²) >= 11 is 0. The largest absolute Gasteiger partial charge is 0.339 e. The molecule has 1 amide bonds. The van der Waals surface area contributed by atoms with Crippen molar-refractivity contribution in [1.82, 2.24) is 14.5 Å². The Morgan fingerprint density at radius 2 is 1.78 bits per heavy atom. The van der Waals surface area contributed by atoms with Crippen LogP contribution in [0.1, 0.15) is 31.3 Å². The lowest BCUT2D eigenvalue weighted by Crippen LogP contribution is -2.25. The monoisotopic (exact) mass is 307 g/mol. The van der Waals surface area contributed by atoms with Gasteiger partial charge in [-0.15, -0.1) is 0 Å². The van der Waals surface area contributed by atoms with E-state index in [9.17, 15) is 4.79 Å². The van der Waals surface area contributed by atoms with Gasteiger partial charge < -0.3 is 9.47 Å². The summed E-state index contributed by atoms with van der Waals surface area (Å²) in [5.41, 5.74) is 3.28. The summed E-state index contributed by atoms with van der Waals surface area (Å²) in [6.07, 6.45) is 0. The first-order valence-corrected chi connectivity index (χ1v) is 7.80. The Morgan fingerprint density at radius 1 is 1.13 bits per heavy atom. The van der Waals surface area contributed by atoms with Gasteiger partial charge in [0.25, 0.3) is 0 Å². The van der Waals surface area contributed by atoms with Crippen LogP contribution in [-0.4, -0.2) is 27.4 Å². The molecule has 0 aliphatic carbocycles. The topological polar surface area (TPSA) is 38.1 Å². The lowest BCUT2D eigenvalue weighted by molar-refractivity contribution is -0.128. The van der Waals surface area contributed by atoms with Gasteiger partial charge in [0.15, 0.2) is 0 Å². The number of amides is 1. The van der Waals surface area contributed by atoms with Gasteiger partial charge in [-0.05, 0) is 24.6 Å². The smallest absolute Gasteiger partial charge is 0.219 e. The zero-order valence-electron chi connectivity index (χ0n) is 13.7. The Labute approximate surface area is 136 Å². The molecule has 0 saturated heterocycles. The maximum absolute atomic E-state index is 11.6. The molecule has 0 bridgehead atoms. The number of benzene rings is 2. The van der Waals surface area contributed by atoms with Gasteiger partial charge in [-0.3, -0.25) is 4.79 Å². The van der Waals surface area contributed by atoms with E-state index >= 15 is 0 Å². The molecule has 0 saturated carbocycles. The Balaban J connectivity index is 2.11. The van der Waals surface area contributed by atoms with Crippen molar-refractivity contribution in [1.29, 1.82) is 0 Å². The average Bonchev–Trinajstić information content (AvgIpc) is 2.92. The molecule has 3 aromatic rings. The van der Waals surface area contributed by atoms with Crippen molar-refractivity contribution < 1.29 is 4.79 Å². The number of rotatable bonds is 4. The Bertz CT molecular complexity index is 823. The first kappa shape index (κ1) is 15.3. The van der Waals surface area contributed by atoms with Crippen molar-refractivity contribution in [3.05, 3.63) is 66.0 Å². The minimum Gasteiger partial charge on any atom is -0.339 e. The van der Waals surface area contributed by atoms with Gasteiger partial charge in [0.1, 0.15) is 5.82 Å². The highest BCUT2D eigenvalue weighted by atomic mass is 16.2. The highest BCUT2D eigenvalue weighted by Crippen LogP contribution is 2.26. The molecule has 0 unspecified atom stereocenters. The van der Waals surface area contributed by atoms with Crippen LogP contribution >= 0.6 is 0 Å². The summed E-state index contributed by atoms with van der Waals surface area (Å²) in [5.74, 6) is 0.941. The second kappa shape index (κ2) is 6.24. The number of carbonyl (C=O) groups is 1. The number of imidazole rings is 1. The van der Waals surface area contributed by atoms with Gasteiger partial charge in [0.05, 0.1) is 23.6 Å². The number of nitrogens with zero attached hydrogens (tertiary/aromatic N) is 3. The molecule has 4 heteroatoms. The van der Waals surface area contributed by atoms with Crippen LogP contribution in [0.3, 0.4) is 0 Å². The summed E-state index contributed by atoms with van der Waals surface area (Å²) < 4.78 is 2.23. The molecule has 0 aliphatic rings. The molecule has 1 heterocycles. The molecule has 0 N–H and O–H groups in total. The zero-order valence-corrected chi connectivity index (χ0v) is 13.7. The molecule has 118 valence electrons. The summed E-state index contributed by atoms with van der Waals surface area (Å²) in [6.45, 7) is 4.25. The van der Waals surface area contributed by atoms with E-state index in [1.54, 1.807) is 18.9 Å². The summed E-state index contributed by atoms with van der Waals surface area (Å²) in [7, 11) is 1.80. The van der Waals surface area contributed by atoms with Gasteiger partial charge in [0.2, 0.25) is 5.91 Å². The Morgan fingerprint density at radius 3 is 2.48 bits per heavy atom. The van der Waals surface area contributed by atoms with Crippen LogP contribution < -0.4 is 0 Å².